The maximum atomic E-state index is 13.3. The zero-order valence-corrected chi connectivity index (χ0v) is 11.3. The van der Waals surface area contributed by atoms with Gasteiger partial charge in [0.15, 0.2) is 0 Å². The molecular formula is C13H19ClF2N2. The van der Waals surface area contributed by atoms with E-state index in [0.29, 0.717) is 0 Å². The van der Waals surface area contributed by atoms with Crippen molar-refractivity contribution in [2.24, 2.45) is 0 Å². The van der Waals surface area contributed by atoms with Gasteiger partial charge in [0.2, 0.25) is 0 Å². The number of nitrogens with zero attached hydrogens (tertiary/aromatic N) is 1. The number of benzene rings is 1. The Bertz CT molecular complexity index is 381. The lowest BCUT2D eigenvalue weighted by atomic mass is 10.00. The first-order chi connectivity index (χ1) is 8.22. The predicted molar refractivity (Wildman–Crippen MR) is 71.5 cm³/mol. The Labute approximate surface area is 113 Å². The van der Waals surface area contributed by atoms with E-state index in [4.69, 9.17) is 0 Å². The van der Waals surface area contributed by atoms with Crippen molar-refractivity contribution < 1.29 is 8.78 Å². The van der Waals surface area contributed by atoms with Crippen LogP contribution in [-0.2, 0) is 0 Å². The summed E-state index contributed by atoms with van der Waals surface area (Å²) in [6.45, 7) is 4.79. The number of hydrogen-bond donors (Lipinski definition) is 1. The Morgan fingerprint density at radius 2 is 2.00 bits per heavy atom. The summed E-state index contributed by atoms with van der Waals surface area (Å²) in [5, 5.41) is 3.23. The van der Waals surface area contributed by atoms with E-state index < -0.39 is 6.67 Å². The molecule has 0 aliphatic carbocycles. The second-order valence-electron chi connectivity index (χ2n) is 4.46. The molecule has 0 aromatic heterocycles. The van der Waals surface area contributed by atoms with E-state index in [1.165, 1.54) is 12.1 Å². The molecule has 1 aromatic carbocycles. The number of hydrogen-bond acceptors (Lipinski definition) is 2. The lowest BCUT2D eigenvalue weighted by Crippen LogP contribution is -2.45. The second-order valence-corrected chi connectivity index (χ2v) is 4.46. The molecule has 1 aliphatic rings. The van der Waals surface area contributed by atoms with Crippen LogP contribution < -0.4 is 5.32 Å². The van der Waals surface area contributed by atoms with E-state index in [1.807, 2.05) is 6.92 Å². The third kappa shape index (κ3) is 3.40. The summed E-state index contributed by atoms with van der Waals surface area (Å²) in [6, 6.07) is 4.29. The Kier molecular flexibility index (Phi) is 5.99. The lowest BCUT2D eigenvalue weighted by molar-refractivity contribution is 0.147. The van der Waals surface area contributed by atoms with Gasteiger partial charge in [-0.2, -0.15) is 0 Å². The summed E-state index contributed by atoms with van der Waals surface area (Å²) >= 11 is 0. The van der Waals surface area contributed by atoms with Crippen molar-refractivity contribution in [3.05, 3.63) is 35.1 Å². The van der Waals surface area contributed by atoms with Gasteiger partial charge in [-0.25, -0.2) is 8.78 Å². The highest BCUT2D eigenvalue weighted by Gasteiger charge is 2.23. The first kappa shape index (κ1) is 15.3. The van der Waals surface area contributed by atoms with E-state index in [0.717, 1.165) is 37.3 Å². The number of halogens is 3. The fourth-order valence-corrected chi connectivity index (χ4v) is 2.34. The maximum Gasteiger partial charge on any atom is 0.123 e. The first-order valence-electron chi connectivity index (χ1n) is 5.99. The third-order valence-electron chi connectivity index (χ3n) is 3.34. The largest absolute Gasteiger partial charge is 0.314 e. The van der Waals surface area contributed by atoms with Crippen LogP contribution in [0.5, 0.6) is 0 Å². The smallest absolute Gasteiger partial charge is 0.123 e. The van der Waals surface area contributed by atoms with Gasteiger partial charge in [0, 0.05) is 26.2 Å². The normalized spacial score (nSPS) is 18.2. The standard InChI is InChI=1S/C13H18F2N2.ClH/c1-10-2-3-11(15)8-12(10)13(9-14)17-6-4-16-5-7-17;/h2-3,8,13,16H,4-7,9H2,1H3;1H/t13-;/m1./s1. The molecule has 1 fully saturated rings. The zero-order chi connectivity index (χ0) is 12.3. The number of aryl methyl sites for hydroxylation is 1. The SMILES string of the molecule is Cc1ccc(F)cc1[C@@H](CF)N1CCNCC1.Cl. The number of piperazine rings is 1. The highest BCUT2D eigenvalue weighted by molar-refractivity contribution is 5.85. The monoisotopic (exact) mass is 276 g/mol. The van der Waals surface area contributed by atoms with Crippen molar-refractivity contribution in [1.29, 1.82) is 0 Å². The summed E-state index contributed by atoms with van der Waals surface area (Å²) in [4.78, 5) is 2.08. The summed E-state index contributed by atoms with van der Waals surface area (Å²) in [7, 11) is 0. The fourth-order valence-electron chi connectivity index (χ4n) is 2.34. The van der Waals surface area contributed by atoms with Gasteiger partial charge in [-0.15, -0.1) is 12.4 Å². The molecule has 0 bridgehead atoms. The fraction of sp³-hybridized carbons (Fsp3) is 0.538. The summed E-state index contributed by atoms with van der Waals surface area (Å²) < 4.78 is 26.5. The average molecular weight is 277 g/mol. The zero-order valence-electron chi connectivity index (χ0n) is 10.5. The van der Waals surface area contributed by atoms with Crippen molar-refractivity contribution in [1.82, 2.24) is 10.2 Å². The van der Waals surface area contributed by atoms with Crippen LogP contribution in [0.15, 0.2) is 18.2 Å². The Balaban J connectivity index is 0.00000162. The second kappa shape index (κ2) is 7.02. The van der Waals surface area contributed by atoms with Gasteiger partial charge in [0.05, 0.1) is 6.04 Å². The summed E-state index contributed by atoms with van der Waals surface area (Å²) in [5.74, 6) is -0.292. The Morgan fingerprint density at radius 3 is 2.61 bits per heavy atom. The minimum absolute atomic E-state index is 0. The van der Waals surface area contributed by atoms with Gasteiger partial charge in [-0.3, -0.25) is 4.90 Å². The molecule has 18 heavy (non-hydrogen) atoms. The molecule has 1 aromatic rings. The summed E-state index contributed by atoms with van der Waals surface area (Å²) in [5.41, 5.74) is 1.72. The summed E-state index contributed by atoms with van der Waals surface area (Å²) in [6.07, 6.45) is 0. The average Bonchev–Trinajstić information content (AvgIpc) is 2.36. The molecule has 2 nitrogen and oxygen atoms in total. The van der Waals surface area contributed by atoms with E-state index in [2.05, 4.69) is 10.2 Å². The molecule has 0 saturated carbocycles. The topological polar surface area (TPSA) is 15.3 Å². The van der Waals surface area contributed by atoms with Crippen LogP contribution in [0, 0.1) is 12.7 Å². The molecular weight excluding hydrogens is 258 g/mol. The quantitative estimate of drug-likeness (QED) is 0.912. The molecule has 102 valence electrons. The van der Waals surface area contributed by atoms with Crippen LogP contribution in [0.4, 0.5) is 8.78 Å². The molecule has 0 radical (unpaired) electrons. The number of alkyl halides is 1. The molecule has 0 amide bonds. The van der Waals surface area contributed by atoms with Crippen LogP contribution in [0.1, 0.15) is 17.2 Å². The van der Waals surface area contributed by atoms with Crippen molar-refractivity contribution >= 4 is 12.4 Å². The minimum Gasteiger partial charge on any atom is -0.314 e. The van der Waals surface area contributed by atoms with Crippen molar-refractivity contribution in [3.8, 4) is 0 Å². The van der Waals surface area contributed by atoms with E-state index >= 15 is 0 Å². The van der Waals surface area contributed by atoms with Gasteiger partial charge in [-0.1, -0.05) is 6.07 Å². The molecule has 5 heteroatoms. The predicted octanol–water partition coefficient (Wildman–Crippen LogP) is 2.47. The van der Waals surface area contributed by atoms with Crippen LogP contribution >= 0.6 is 12.4 Å². The van der Waals surface area contributed by atoms with Crippen LogP contribution in [0.3, 0.4) is 0 Å². The maximum absolute atomic E-state index is 13.3. The first-order valence-corrected chi connectivity index (χ1v) is 5.99. The van der Waals surface area contributed by atoms with E-state index in [9.17, 15) is 8.78 Å². The lowest BCUT2D eigenvalue weighted by Gasteiger charge is -2.34. The number of rotatable bonds is 3. The highest BCUT2D eigenvalue weighted by Crippen LogP contribution is 2.25. The van der Waals surface area contributed by atoms with E-state index in [-0.39, 0.29) is 24.3 Å². The Morgan fingerprint density at radius 1 is 1.33 bits per heavy atom. The van der Waals surface area contributed by atoms with Gasteiger partial charge >= 0.3 is 0 Å². The van der Waals surface area contributed by atoms with Crippen molar-refractivity contribution in [2.75, 3.05) is 32.9 Å². The van der Waals surface area contributed by atoms with Crippen LogP contribution in [-0.4, -0.2) is 37.8 Å². The molecule has 2 rings (SSSR count). The third-order valence-corrected chi connectivity index (χ3v) is 3.34. The minimum atomic E-state index is -0.468. The van der Waals surface area contributed by atoms with Gasteiger partial charge in [-0.05, 0) is 30.2 Å². The van der Waals surface area contributed by atoms with Crippen LogP contribution in [0.25, 0.3) is 0 Å². The van der Waals surface area contributed by atoms with Gasteiger partial charge < -0.3 is 5.32 Å². The van der Waals surface area contributed by atoms with Crippen LogP contribution in [0.2, 0.25) is 0 Å². The molecule has 1 N–H and O–H groups in total. The number of nitrogens with one attached hydrogen (secondary N) is 1. The van der Waals surface area contributed by atoms with Gasteiger partial charge in [0.1, 0.15) is 12.5 Å². The molecule has 1 heterocycles. The molecule has 1 saturated heterocycles. The molecule has 1 aliphatic heterocycles. The molecule has 1 atom stereocenters. The van der Waals surface area contributed by atoms with Crippen molar-refractivity contribution in [2.45, 2.75) is 13.0 Å². The Hall–Kier alpha value is -0.710. The van der Waals surface area contributed by atoms with Crippen molar-refractivity contribution in [3.63, 3.8) is 0 Å². The molecule has 0 spiro atoms. The van der Waals surface area contributed by atoms with Gasteiger partial charge in [0.25, 0.3) is 0 Å². The highest BCUT2D eigenvalue weighted by atomic mass is 35.5. The molecule has 0 unspecified atom stereocenters. The van der Waals surface area contributed by atoms with E-state index in [1.54, 1.807) is 6.07 Å².